The van der Waals surface area contributed by atoms with E-state index in [1.54, 1.807) is 0 Å². The van der Waals surface area contributed by atoms with E-state index in [0.29, 0.717) is 26.4 Å². The zero-order valence-electron chi connectivity index (χ0n) is 13.2. The predicted octanol–water partition coefficient (Wildman–Crippen LogP) is 2.90. The number of aliphatic hydroxyl groups excluding tert-OH is 2. The summed E-state index contributed by atoms with van der Waals surface area (Å²) in [7, 11) is 0. The van der Waals surface area contributed by atoms with Crippen molar-refractivity contribution in [2.75, 3.05) is 33.0 Å². The normalized spacial score (nSPS) is 12.8. The Hall–Kier alpha value is -0.160. The number of unbranched alkanes of at least 4 members (excludes halogenated alkanes) is 7. The van der Waals surface area contributed by atoms with Crippen LogP contribution in [0.4, 0.5) is 0 Å². The van der Waals surface area contributed by atoms with Crippen LogP contribution >= 0.6 is 0 Å². The Morgan fingerprint density at radius 3 is 2.05 bits per heavy atom. The number of aliphatic hydroxyl groups is 2. The van der Waals surface area contributed by atoms with Crippen molar-refractivity contribution in [3.8, 4) is 0 Å². The van der Waals surface area contributed by atoms with E-state index in [9.17, 15) is 5.11 Å². The van der Waals surface area contributed by atoms with Crippen LogP contribution in [0.2, 0.25) is 0 Å². The van der Waals surface area contributed by atoms with E-state index >= 15 is 0 Å². The average Bonchev–Trinajstić information content (AvgIpc) is 2.45. The molecule has 4 nitrogen and oxygen atoms in total. The molecule has 0 saturated carbocycles. The summed E-state index contributed by atoms with van der Waals surface area (Å²) < 4.78 is 10.4. The largest absolute Gasteiger partial charge is 0.394 e. The van der Waals surface area contributed by atoms with Crippen molar-refractivity contribution in [3.63, 3.8) is 0 Å². The summed E-state index contributed by atoms with van der Waals surface area (Å²) >= 11 is 0. The second-order valence-electron chi connectivity index (χ2n) is 5.33. The zero-order valence-corrected chi connectivity index (χ0v) is 13.2. The number of hydrogen-bond donors (Lipinski definition) is 2. The lowest BCUT2D eigenvalue weighted by Crippen LogP contribution is -2.17. The Labute approximate surface area is 124 Å². The molecule has 122 valence electrons. The molecule has 0 aliphatic heterocycles. The van der Waals surface area contributed by atoms with Crippen LogP contribution in [0.1, 0.15) is 64.7 Å². The van der Waals surface area contributed by atoms with Crippen molar-refractivity contribution in [1.82, 2.24) is 0 Å². The molecule has 2 N–H and O–H groups in total. The molecule has 0 spiro atoms. The first-order valence-electron chi connectivity index (χ1n) is 8.25. The van der Waals surface area contributed by atoms with Gasteiger partial charge in [-0.1, -0.05) is 58.3 Å². The van der Waals surface area contributed by atoms with Gasteiger partial charge in [0, 0.05) is 0 Å². The third-order valence-corrected chi connectivity index (χ3v) is 3.31. The molecule has 0 amide bonds. The molecule has 1 atom stereocenters. The van der Waals surface area contributed by atoms with Crippen LogP contribution in [0.5, 0.6) is 0 Å². The van der Waals surface area contributed by atoms with Gasteiger partial charge in [-0.3, -0.25) is 0 Å². The molecule has 0 aliphatic carbocycles. The van der Waals surface area contributed by atoms with E-state index in [2.05, 4.69) is 6.92 Å². The molecule has 0 radical (unpaired) electrons. The monoisotopic (exact) mass is 290 g/mol. The molecule has 0 bridgehead atoms. The minimum atomic E-state index is -0.354. The van der Waals surface area contributed by atoms with Crippen LogP contribution in [0.15, 0.2) is 0 Å². The Morgan fingerprint density at radius 2 is 1.40 bits per heavy atom. The van der Waals surface area contributed by atoms with Crippen LogP contribution in [-0.4, -0.2) is 49.4 Å². The summed E-state index contributed by atoms with van der Waals surface area (Å²) in [5.74, 6) is 0. The van der Waals surface area contributed by atoms with E-state index in [0.717, 1.165) is 12.8 Å². The summed E-state index contributed by atoms with van der Waals surface area (Å²) in [4.78, 5) is 0. The molecule has 0 aromatic rings. The van der Waals surface area contributed by atoms with E-state index in [-0.39, 0.29) is 12.7 Å². The van der Waals surface area contributed by atoms with E-state index in [1.807, 2.05) is 0 Å². The van der Waals surface area contributed by atoms with Gasteiger partial charge in [0.15, 0.2) is 0 Å². The minimum absolute atomic E-state index is 0.0427. The van der Waals surface area contributed by atoms with Gasteiger partial charge in [-0.2, -0.15) is 0 Å². The maximum Gasteiger partial charge on any atom is 0.0773 e. The summed E-state index contributed by atoms with van der Waals surface area (Å²) in [6.45, 7) is 3.98. The van der Waals surface area contributed by atoms with Crippen LogP contribution in [0, 0.1) is 0 Å². The quantitative estimate of drug-likeness (QED) is 0.429. The van der Waals surface area contributed by atoms with Gasteiger partial charge in [-0.25, -0.2) is 0 Å². The molecule has 0 saturated heterocycles. The smallest absolute Gasteiger partial charge is 0.0773 e. The summed E-state index contributed by atoms with van der Waals surface area (Å²) in [5, 5.41) is 18.2. The topological polar surface area (TPSA) is 58.9 Å². The standard InChI is InChI=1S/C16H34O4/c1-2-3-4-5-6-7-8-9-10-16(18)15-20-14-13-19-12-11-17/h16-18H,2-15H2,1H3/t16-/m1/s1. The van der Waals surface area contributed by atoms with Crippen LogP contribution in [-0.2, 0) is 9.47 Å². The number of ether oxygens (including phenoxy) is 2. The fourth-order valence-electron chi connectivity index (χ4n) is 2.10. The zero-order chi connectivity index (χ0) is 14.9. The van der Waals surface area contributed by atoms with Crippen molar-refractivity contribution < 1.29 is 19.7 Å². The summed E-state index contributed by atoms with van der Waals surface area (Å²) in [6, 6.07) is 0. The Balaban J connectivity index is 3.10. The highest BCUT2D eigenvalue weighted by atomic mass is 16.5. The first kappa shape index (κ1) is 19.8. The highest BCUT2D eigenvalue weighted by Gasteiger charge is 2.03. The van der Waals surface area contributed by atoms with E-state index < -0.39 is 0 Å². The molecule has 0 heterocycles. The Morgan fingerprint density at radius 1 is 0.800 bits per heavy atom. The Kier molecular flexibility index (Phi) is 16.8. The van der Waals surface area contributed by atoms with E-state index in [4.69, 9.17) is 14.6 Å². The maximum atomic E-state index is 9.72. The van der Waals surface area contributed by atoms with Crippen molar-refractivity contribution in [2.24, 2.45) is 0 Å². The molecule has 0 rings (SSSR count). The number of hydrogen-bond acceptors (Lipinski definition) is 4. The molecule has 0 aliphatic rings. The molecule has 0 aromatic heterocycles. The fraction of sp³-hybridized carbons (Fsp3) is 1.00. The third-order valence-electron chi connectivity index (χ3n) is 3.31. The lowest BCUT2D eigenvalue weighted by Gasteiger charge is -2.11. The Bertz CT molecular complexity index is 176. The molecule has 0 unspecified atom stereocenters. The summed E-state index contributed by atoms with van der Waals surface area (Å²) in [6.07, 6.45) is 10.8. The van der Waals surface area contributed by atoms with E-state index in [1.165, 1.54) is 44.9 Å². The predicted molar refractivity (Wildman–Crippen MR) is 82.0 cm³/mol. The van der Waals surface area contributed by atoms with Crippen LogP contribution < -0.4 is 0 Å². The fourth-order valence-corrected chi connectivity index (χ4v) is 2.10. The SMILES string of the molecule is CCCCCCCCCC[C@@H](O)COCCOCCO. The second kappa shape index (κ2) is 16.9. The van der Waals surface area contributed by atoms with Crippen molar-refractivity contribution in [1.29, 1.82) is 0 Å². The van der Waals surface area contributed by atoms with Gasteiger partial charge >= 0.3 is 0 Å². The first-order valence-corrected chi connectivity index (χ1v) is 8.25. The third kappa shape index (κ3) is 15.9. The van der Waals surface area contributed by atoms with Gasteiger partial charge < -0.3 is 19.7 Å². The molecule has 4 heteroatoms. The molecule has 0 fully saturated rings. The summed E-state index contributed by atoms with van der Waals surface area (Å²) in [5.41, 5.74) is 0. The van der Waals surface area contributed by atoms with Gasteiger partial charge in [-0.15, -0.1) is 0 Å². The van der Waals surface area contributed by atoms with Crippen molar-refractivity contribution in [2.45, 2.75) is 70.8 Å². The highest BCUT2D eigenvalue weighted by Crippen LogP contribution is 2.10. The highest BCUT2D eigenvalue weighted by molar-refractivity contribution is 4.55. The van der Waals surface area contributed by atoms with Crippen LogP contribution in [0.25, 0.3) is 0 Å². The lowest BCUT2D eigenvalue weighted by atomic mass is 10.1. The lowest BCUT2D eigenvalue weighted by molar-refractivity contribution is -0.00465. The molecular weight excluding hydrogens is 256 g/mol. The van der Waals surface area contributed by atoms with Gasteiger partial charge in [0.05, 0.1) is 39.1 Å². The molecular formula is C16H34O4. The average molecular weight is 290 g/mol. The van der Waals surface area contributed by atoms with Gasteiger partial charge in [0.1, 0.15) is 0 Å². The molecule has 20 heavy (non-hydrogen) atoms. The number of rotatable bonds is 16. The van der Waals surface area contributed by atoms with Crippen molar-refractivity contribution >= 4 is 0 Å². The van der Waals surface area contributed by atoms with Gasteiger partial charge in [0.2, 0.25) is 0 Å². The van der Waals surface area contributed by atoms with Crippen LogP contribution in [0.3, 0.4) is 0 Å². The second-order valence-corrected chi connectivity index (χ2v) is 5.33. The first-order chi connectivity index (χ1) is 9.81. The maximum absolute atomic E-state index is 9.72. The van der Waals surface area contributed by atoms with Crippen molar-refractivity contribution in [3.05, 3.63) is 0 Å². The molecule has 0 aromatic carbocycles. The van der Waals surface area contributed by atoms with Gasteiger partial charge in [-0.05, 0) is 6.42 Å². The minimum Gasteiger partial charge on any atom is -0.394 e. The van der Waals surface area contributed by atoms with Gasteiger partial charge in [0.25, 0.3) is 0 Å².